The molecule has 0 aliphatic heterocycles. The highest BCUT2D eigenvalue weighted by Crippen LogP contribution is 2.31. The standard InChI is InChI=1S/C28H28N8O2/c1-17-4-2-5-18(12-17)26-34-24-13-19(27(38)33-21-9-7-20-15-32-35-23(20)14-21)8-10-25(24)36(26)22(16-37)6-3-11-31-28(29)30/h2,4-5,7-10,12-16,22H,3,6,11H2,1H3,(H,32,35)(H,33,38)(H4,29,30,31). The molecule has 38 heavy (non-hydrogen) atoms. The number of aldehydes is 1. The van der Waals surface area contributed by atoms with E-state index in [1.807, 2.05) is 60.0 Å². The van der Waals surface area contributed by atoms with E-state index in [9.17, 15) is 9.59 Å². The molecule has 0 bridgehead atoms. The number of nitrogens with one attached hydrogen (secondary N) is 2. The summed E-state index contributed by atoms with van der Waals surface area (Å²) in [6.45, 7) is 2.43. The molecule has 5 aromatic rings. The second-order valence-electron chi connectivity index (χ2n) is 9.16. The number of benzene rings is 3. The minimum atomic E-state index is -0.481. The molecule has 1 amide bonds. The largest absolute Gasteiger partial charge is 0.370 e. The average molecular weight is 509 g/mol. The lowest BCUT2D eigenvalue weighted by Crippen LogP contribution is -2.23. The van der Waals surface area contributed by atoms with Crippen molar-refractivity contribution in [2.75, 3.05) is 11.9 Å². The van der Waals surface area contributed by atoms with Crippen LogP contribution in [0.25, 0.3) is 33.3 Å². The Hall–Kier alpha value is -4.99. The number of hydrogen-bond donors (Lipinski definition) is 4. The summed E-state index contributed by atoms with van der Waals surface area (Å²) in [6.07, 6.45) is 3.80. The van der Waals surface area contributed by atoms with Gasteiger partial charge in [0.05, 0.1) is 28.8 Å². The van der Waals surface area contributed by atoms with E-state index in [1.165, 1.54) is 0 Å². The highest BCUT2D eigenvalue weighted by Gasteiger charge is 2.21. The maximum atomic E-state index is 13.1. The first-order valence-corrected chi connectivity index (χ1v) is 12.3. The molecule has 10 nitrogen and oxygen atoms in total. The first-order valence-electron chi connectivity index (χ1n) is 12.3. The molecule has 0 radical (unpaired) electrons. The summed E-state index contributed by atoms with van der Waals surface area (Å²) in [5.74, 6) is 0.419. The second-order valence-corrected chi connectivity index (χ2v) is 9.16. The molecule has 0 saturated heterocycles. The molecule has 2 heterocycles. The number of aryl methyl sites for hydroxylation is 1. The van der Waals surface area contributed by atoms with E-state index in [2.05, 4.69) is 20.5 Å². The lowest BCUT2D eigenvalue weighted by Gasteiger charge is -2.17. The molecule has 1 unspecified atom stereocenters. The molecular formula is C28H28N8O2. The third-order valence-electron chi connectivity index (χ3n) is 6.37. The minimum absolute atomic E-state index is 0.0245. The van der Waals surface area contributed by atoms with Gasteiger partial charge in [0.25, 0.3) is 5.91 Å². The van der Waals surface area contributed by atoms with Crippen LogP contribution in [0, 0.1) is 6.92 Å². The van der Waals surface area contributed by atoms with E-state index in [-0.39, 0.29) is 11.9 Å². The zero-order chi connectivity index (χ0) is 26.6. The summed E-state index contributed by atoms with van der Waals surface area (Å²) in [5, 5.41) is 10.8. The highest BCUT2D eigenvalue weighted by molar-refractivity contribution is 6.06. The van der Waals surface area contributed by atoms with Gasteiger partial charge in [0.1, 0.15) is 12.1 Å². The van der Waals surface area contributed by atoms with Gasteiger partial charge in [-0.3, -0.25) is 14.9 Å². The van der Waals surface area contributed by atoms with Gasteiger partial charge >= 0.3 is 0 Å². The van der Waals surface area contributed by atoms with Crippen LogP contribution < -0.4 is 16.8 Å². The second kappa shape index (κ2) is 10.6. The first-order chi connectivity index (χ1) is 18.4. The van der Waals surface area contributed by atoms with Gasteiger partial charge < -0.3 is 26.1 Å². The van der Waals surface area contributed by atoms with E-state index in [4.69, 9.17) is 16.5 Å². The fourth-order valence-corrected chi connectivity index (χ4v) is 4.55. The third kappa shape index (κ3) is 5.10. The van der Waals surface area contributed by atoms with Gasteiger partial charge in [-0.25, -0.2) is 4.98 Å². The van der Waals surface area contributed by atoms with E-state index in [0.29, 0.717) is 42.0 Å². The summed E-state index contributed by atoms with van der Waals surface area (Å²) >= 11 is 0. The molecule has 192 valence electrons. The van der Waals surface area contributed by atoms with E-state index in [1.54, 1.807) is 18.3 Å². The normalized spacial score (nSPS) is 11.9. The Morgan fingerprint density at radius 1 is 1.16 bits per heavy atom. The van der Waals surface area contributed by atoms with Crippen LogP contribution in [0.1, 0.15) is 34.8 Å². The average Bonchev–Trinajstić information content (AvgIpc) is 3.52. The molecule has 0 spiro atoms. The summed E-state index contributed by atoms with van der Waals surface area (Å²) in [4.78, 5) is 34.3. The number of nitrogens with zero attached hydrogens (tertiary/aromatic N) is 4. The first kappa shape index (κ1) is 24.7. The van der Waals surface area contributed by atoms with Crippen LogP contribution in [0.15, 0.2) is 71.9 Å². The number of hydrogen-bond acceptors (Lipinski definition) is 5. The summed E-state index contributed by atoms with van der Waals surface area (Å²) in [7, 11) is 0. The SMILES string of the molecule is Cc1cccc(-c2nc3cc(C(=O)Nc4ccc5cn[nH]c5c4)ccc3n2C(C=O)CCCN=C(N)N)c1. The van der Waals surface area contributed by atoms with Crippen LogP contribution in [-0.4, -0.2) is 44.4 Å². The van der Waals surface area contributed by atoms with Gasteiger partial charge in [-0.2, -0.15) is 5.10 Å². The summed E-state index contributed by atoms with van der Waals surface area (Å²) < 4.78 is 1.93. The number of nitrogens with two attached hydrogens (primary N) is 2. The number of carbonyl (C=O) groups excluding carboxylic acids is 2. The molecule has 0 aliphatic rings. The molecule has 0 saturated carbocycles. The zero-order valence-electron chi connectivity index (χ0n) is 20.9. The molecule has 1 atom stereocenters. The van der Waals surface area contributed by atoms with Gasteiger partial charge in [-0.15, -0.1) is 0 Å². The topological polar surface area (TPSA) is 157 Å². The highest BCUT2D eigenvalue weighted by atomic mass is 16.1. The zero-order valence-corrected chi connectivity index (χ0v) is 20.9. The van der Waals surface area contributed by atoms with Crippen molar-refractivity contribution in [2.45, 2.75) is 25.8 Å². The van der Waals surface area contributed by atoms with Crippen molar-refractivity contribution in [1.29, 1.82) is 0 Å². The maximum Gasteiger partial charge on any atom is 0.255 e. The quantitative estimate of drug-likeness (QED) is 0.102. The van der Waals surface area contributed by atoms with Crippen molar-refractivity contribution >= 4 is 45.8 Å². The molecule has 10 heteroatoms. The summed E-state index contributed by atoms with van der Waals surface area (Å²) in [5.41, 5.74) is 16.2. The van der Waals surface area contributed by atoms with Crippen LogP contribution in [0.3, 0.4) is 0 Å². The number of carbonyl (C=O) groups is 2. The Morgan fingerprint density at radius 3 is 2.82 bits per heavy atom. The van der Waals surface area contributed by atoms with Crippen LogP contribution >= 0.6 is 0 Å². The molecular weight excluding hydrogens is 480 g/mol. The van der Waals surface area contributed by atoms with Crippen molar-refractivity contribution in [3.05, 3.63) is 78.0 Å². The molecule has 5 rings (SSSR count). The molecule has 0 fully saturated rings. The number of amides is 1. The monoisotopic (exact) mass is 508 g/mol. The molecule has 0 aliphatic carbocycles. The Kier molecular flexibility index (Phi) is 6.86. The van der Waals surface area contributed by atoms with Crippen molar-refractivity contribution < 1.29 is 9.59 Å². The van der Waals surface area contributed by atoms with Crippen molar-refractivity contribution in [3.8, 4) is 11.4 Å². The number of guanidine groups is 1. The number of aromatic nitrogens is 4. The Balaban J connectivity index is 1.50. The Morgan fingerprint density at radius 2 is 2.03 bits per heavy atom. The Labute approximate surface area is 218 Å². The number of anilines is 1. The lowest BCUT2D eigenvalue weighted by molar-refractivity contribution is -0.110. The van der Waals surface area contributed by atoms with Crippen molar-refractivity contribution in [2.24, 2.45) is 16.5 Å². The lowest BCUT2D eigenvalue weighted by atomic mass is 10.1. The van der Waals surface area contributed by atoms with Gasteiger partial charge in [-0.05, 0) is 62.2 Å². The minimum Gasteiger partial charge on any atom is -0.370 e. The number of imidazole rings is 1. The number of rotatable bonds is 9. The third-order valence-corrected chi connectivity index (χ3v) is 6.37. The van der Waals surface area contributed by atoms with E-state index in [0.717, 1.165) is 33.8 Å². The van der Waals surface area contributed by atoms with Crippen LogP contribution in [0.2, 0.25) is 0 Å². The number of aromatic amines is 1. The van der Waals surface area contributed by atoms with Crippen LogP contribution in [0.4, 0.5) is 5.69 Å². The fraction of sp³-hybridized carbons (Fsp3) is 0.179. The van der Waals surface area contributed by atoms with Gasteiger partial charge in [0, 0.05) is 28.7 Å². The van der Waals surface area contributed by atoms with Crippen LogP contribution in [0.5, 0.6) is 0 Å². The van der Waals surface area contributed by atoms with Crippen molar-refractivity contribution in [3.63, 3.8) is 0 Å². The van der Waals surface area contributed by atoms with Crippen molar-refractivity contribution in [1.82, 2.24) is 19.7 Å². The number of aliphatic imine (C=N–C) groups is 1. The van der Waals surface area contributed by atoms with Crippen LogP contribution in [-0.2, 0) is 4.79 Å². The van der Waals surface area contributed by atoms with Gasteiger partial charge in [-0.1, -0.05) is 23.8 Å². The Bertz CT molecular complexity index is 1660. The predicted molar refractivity (Wildman–Crippen MR) is 149 cm³/mol. The predicted octanol–water partition coefficient (Wildman–Crippen LogP) is 3.93. The molecule has 6 N–H and O–H groups in total. The smallest absolute Gasteiger partial charge is 0.255 e. The van der Waals surface area contributed by atoms with Gasteiger partial charge in [0.15, 0.2) is 5.96 Å². The molecule has 2 aromatic heterocycles. The number of H-pyrrole nitrogens is 1. The number of fused-ring (bicyclic) bond motifs is 2. The van der Waals surface area contributed by atoms with E-state index < -0.39 is 6.04 Å². The summed E-state index contributed by atoms with van der Waals surface area (Å²) in [6, 6.07) is 18.3. The molecule has 3 aromatic carbocycles. The fourth-order valence-electron chi connectivity index (χ4n) is 4.55. The van der Waals surface area contributed by atoms with Gasteiger partial charge in [0.2, 0.25) is 0 Å². The van der Waals surface area contributed by atoms with E-state index >= 15 is 0 Å². The maximum absolute atomic E-state index is 13.1.